The summed E-state index contributed by atoms with van der Waals surface area (Å²) in [6.45, 7) is 9.27. The molecule has 0 radical (unpaired) electrons. The quantitative estimate of drug-likeness (QED) is 0.753. The second kappa shape index (κ2) is 8.24. The Morgan fingerprint density at radius 2 is 2.00 bits per heavy atom. The maximum Gasteiger partial charge on any atom is 0.244 e. The molecule has 0 aliphatic carbocycles. The van der Waals surface area contributed by atoms with Crippen molar-refractivity contribution < 1.29 is 13.2 Å². The van der Waals surface area contributed by atoms with Gasteiger partial charge in [0.05, 0.1) is 17.6 Å². The number of hydrogen-bond acceptors (Lipinski definition) is 5. The molecule has 122 valence electrons. The maximum atomic E-state index is 12.6. The highest BCUT2D eigenvalue weighted by Gasteiger charge is 2.24. The minimum atomic E-state index is -3.45. The number of rotatable bonds is 9. The van der Waals surface area contributed by atoms with Crippen LogP contribution in [0.4, 0.5) is 0 Å². The van der Waals surface area contributed by atoms with E-state index in [0.717, 1.165) is 4.88 Å². The normalized spacial score (nSPS) is 12.8. The van der Waals surface area contributed by atoms with Crippen LogP contribution in [0.1, 0.15) is 32.6 Å². The fourth-order valence-electron chi connectivity index (χ4n) is 1.69. The van der Waals surface area contributed by atoms with Crippen molar-refractivity contribution in [3.63, 3.8) is 0 Å². The number of nitrogens with zero attached hydrogens (tertiary/aromatic N) is 1. The minimum absolute atomic E-state index is 0.105. The first kappa shape index (κ1) is 18.6. The maximum absolute atomic E-state index is 12.6. The van der Waals surface area contributed by atoms with Crippen LogP contribution in [0.5, 0.6) is 0 Å². The van der Waals surface area contributed by atoms with Gasteiger partial charge in [0.25, 0.3) is 0 Å². The lowest BCUT2D eigenvalue weighted by molar-refractivity contribution is 0.0737. The van der Waals surface area contributed by atoms with Crippen molar-refractivity contribution in [1.29, 1.82) is 0 Å². The van der Waals surface area contributed by atoms with E-state index in [-0.39, 0.29) is 6.10 Å². The first-order valence-corrected chi connectivity index (χ1v) is 9.44. The molecule has 1 heterocycles. The summed E-state index contributed by atoms with van der Waals surface area (Å²) < 4.78 is 31.9. The van der Waals surface area contributed by atoms with Crippen molar-refractivity contribution in [1.82, 2.24) is 9.62 Å². The van der Waals surface area contributed by atoms with Gasteiger partial charge in [0.2, 0.25) is 10.0 Å². The number of hydrogen-bond donors (Lipinski definition) is 1. The van der Waals surface area contributed by atoms with Crippen LogP contribution < -0.4 is 5.32 Å². The fraction of sp³-hybridized carbons (Fsp3) is 0.714. The van der Waals surface area contributed by atoms with Crippen LogP contribution >= 0.6 is 11.3 Å². The summed E-state index contributed by atoms with van der Waals surface area (Å²) in [5.41, 5.74) is 0. The average molecular weight is 335 g/mol. The molecule has 21 heavy (non-hydrogen) atoms. The van der Waals surface area contributed by atoms with Crippen LogP contribution in [-0.4, -0.2) is 45.1 Å². The van der Waals surface area contributed by atoms with E-state index in [9.17, 15) is 8.42 Å². The van der Waals surface area contributed by atoms with E-state index < -0.39 is 10.0 Å². The van der Waals surface area contributed by atoms with Crippen molar-refractivity contribution in [2.45, 2.75) is 51.3 Å². The van der Waals surface area contributed by atoms with Crippen LogP contribution in [-0.2, 0) is 21.3 Å². The minimum Gasteiger partial charge on any atom is -0.377 e. The molecule has 0 atom stereocenters. The Morgan fingerprint density at radius 3 is 2.57 bits per heavy atom. The van der Waals surface area contributed by atoms with Gasteiger partial charge in [0, 0.05) is 31.1 Å². The van der Waals surface area contributed by atoms with Gasteiger partial charge in [-0.3, -0.25) is 0 Å². The zero-order chi connectivity index (χ0) is 16.0. The van der Waals surface area contributed by atoms with Crippen molar-refractivity contribution in [2.24, 2.45) is 0 Å². The third-order valence-electron chi connectivity index (χ3n) is 2.92. The molecule has 7 heteroatoms. The van der Waals surface area contributed by atoms with Crippen LogP contribution in [0.25, 0.3) is 0 Å². The third-order valence-corrected chi connectivity index (χ3v) is 5.91. The lowest BCUT2D eigenvalue weighted by Crippen LogP contribution is -2.31. The molecule has 0 aliphatic heterocycles. The average Bonchev–Trinajstić information content (AvgIpc) is 2.84. The number of sulfonamides is 1. The summed E-state index contributed by atoms with van der Waals surface area (Å²) in [5, 5.41) is 5.08. The number of thiophene rings is 1. The largest absolute Gasteiger partial charge is 0.377 e. The van der Waals surface area contributed by atoms with Gasteiger partial charge in [0.15, 0.2) is 0 Å². The lowest BCUT2D eigenvalue weighted by Gasteiger charge is -2.18. The molecule has 0 unspecified atom stereocenters. The Hall–Kier alpha value is -0.470. The van der Waals surface area contributed by atoms with Crippen molar-refractivity contribution in [3.8, 4) is 0 Å². The topological polar surface area (TPSA) is 58.6 Å². The standard InChI is InChI=1S/C14H26N2O3S2/c1-11(2)15-10-13-14(6-9-20-13)21(17,18)16(5)7-8-19-12(3)4/h6,9,11-12,15H,7-8,10H2,1-5H3. The summed E-state index contributed by atoms with van der Waals surface area (Å²) in [6, 6.07) is 2.00. The van der Waals surface area contributed by atoms with E-state index in [4.69, 9.17) is 4.74 Å². The van der Waals surface area contributed by atoms with Gasteiger partial charge >= 0.3 is 0 Å². The first-order valence-electron chi connectivity index (χ1n) is 7.12. The monoisotopic (exact) mass is 334 g/mol. The number of nitrogens with one attached hydrogen (secondary N) is 1. The van der Waals surface area contributed by atoms with E-state index in [0.29, 0.717) is 30.6 Å². The van der Waals surface area contributed by atoms with E-state index >= 15 is 0 Å². The Kier molecular flexibility index (Phi) is 7.29. The molecule has 0 saturated carbocycles. The second-order valence-corrected chi connectivity index (χ2v) is 8.50. The molecule has 0 aliphatic rings. The smallest absolute Gasteiger partial charge is 0.244 e. The molecule has 5 nitrogen and oxygen atoms in total. The van der Waals surface area contributed by atoms with E-state index in [1.165, 1.54) is 15.6 Å². The lowest BCUT2D eigenvalue weighted by atomic mass is 10.4. The fourth-order valence-corrected chi connectivity index (χ4v) is 4.21. The molecule has 0 aromatic carbocycles. The van der Waals surface area contributed by atoms with Crippen molar-refractivity contribution >= 4 is 21.4 Å². The van der Waals surface area contributed by atoms with E-state index in [2.05, 4.69) is 5.32 Å². The van der Waals surface area contributed by atoms with Gasteiger partial charge in [-0.2, -0.15) is 4.31 Å². The van der Waals surface area contributed by atoms with Gasteiger partial charge in [-0.05, 0) is 25.3 Å². The molecular formula is C14H26N2O3S2. The highest BCUT2D eigenvalue weighted by atomic mass is 32.2. The first-order chi connectivity index (χ1) is 9.75. The van der Waals surface area contributed by atoms with Gasteiger partial charge in [-0.25, -0.2) is 8.42 Å². The van der Waals surface area contributed by atoms with Crippen molar-refractivity contribution in [2.75, 3.05) is 20.2 Å². The van der Waals surface area contributed by atoms with Crippen LogP contribution in [0.2, 0.25) is 0 Å². The molecule has 1 rings (SSSR count). The molecule has 0 spiro atoms. The Bertz CT molecular complexity index is 524. The molecule has 1 aromatic rings. The summed E-state index contributed by atoms with van der Waals surface area (Å²) in [4.78, 5) is 1.24. The number of ether oxygens (including phenoxy) is 1. The zero-order valence-electron chi connectivity index (χ0n) is 13.4. The number of likely N-dealkylation sites (N-methyl/N-ethyl adjacent to an activating group) is 1. The van der Waals surface area contributed by atoms with Crippen LogP contribution in [0.3, 0.4) is 0 Å². The predicted molar refractivity (Wildman–Crippen MR) is 87.2 cm³/mol. The van der Waals surface area contributed by atoms with Gasteiger partial charge in [0.1, 0.15) is 0 Å². The van der Waals surface area contributed by atoms with Gasteiger partial charge in [-0.1, -0.05) is 13.8 Å². The highest BCUT2D eigenvalue weighted by molar-refractivity contribution is 7.89. The summed E-state index contributed by atoms with van der Waals surface area (Å²) in [7, 11) is -1.85. The Labute approximate surface area is 132 Å². The summed E-state index contributed by atoms with van der Waals surface area (Å²) >= 11 is 1.46. The molecule has 0 bridgehead atoms. The second-order valence-electron chi connectivity index (χ2n) is 5.49. The van der Waals surface area contributed by atoms with Crippen molar-refractivity contribution in [3.05, 3.63) is 16.3 Å². The zero-order valence-corrected chi connectivity index (χ0v) is 15.1. The van der Waals surface area contributed by atoms with Gasteiger partial charge < -0.3 is 10.1 Å². The Balaban J connectivity index is 2.75. The highest BCUT2D eigenvalue weighted by Crippen LogP contribution is 2.24. The molecule has 0 amide bonds. The van der Waals surface area contributed by atoms with Crippen LogP contribution in [0, 0.1) is 0 Å². The summed E-state index contributed by atoms with van der Waals surface area (Å²) in [6.07, 6.45) is 0.105. The molecule has 1 aromatic heterocycles. The SMILES string of the molecule is CC(C)NCc1sccc1S(=O)(=O)N(C)CCOC(C)C. The summed E-state index contributed by atoms with van der Waals surface area (Å²) in [5.74, 6) is 0. The Morgan fingerprint density at radius 1 is 1.33 bits per heavy atom. The molecule has 0 saturated heterocycles. The third kappa shape index (κ3) is 5.67. The molecule has 1 N–H and O–H groups in total. The predicted octanol–water partition coefficient (Wildman–Crippen LogP) is 2.29. The molecule has 0 fully saturated rings. The van der Waals surface area contributed by atoms with Crippen LogP contribution in [0.15, 0.2) is 16.3 Å². The molecular weight excluding hydrogens is 308 g/mol. The van der Waals surface area contributed by atoms with Gasteiger partial charge in [-0.15, -0.1) is 11.3 Å². The van der Waals surface area contributed by atoms with E-state index in [1.54, 1.807) is 13.1 Å². The van der Waals surface area contributed by atoms with E-state index in [1.807, 2.05) is 33.1 Å².